The molecule has 2 heterocycles. The molecule has 4 nitrogen and oxygen atoms in total. The molecule has 0 spiro atoms. The van der Waals surface area contributed by atoms with Gasteiger partial charge in [-0.1, -0.05) is 11.6 Å². The molecule has 2 N–H and O–H groups in total. The highest BCUT2D eigenvalue weighted by atomic mass is 16.2. The summed E-state index contributed by atoms with van der Waals surface area (Å²) in [5.74, 6) is 1.75. The summed E-state index contributed by atoms with van der Waals surface area (Å²) in [5.41, 5.74) is 1.54. The lowest BCUT2D eigenvalue weighted by Crippen LogP contribution is -2.37. The molecular weight excluding hydrogens is 250 g/mol. The number of rotatable bonds is 5. The van der Waals surface area contributed by atoms with Crippen molar-refractivity contribution in [2.24, 2.45) is 11.8 Å². The van der Waals surface area contributed by atoms with Gasteiger partial charge in [-0.15, -0.1) is 0 Å². The van der Waals surface area contributed by atoms with Crippen LogP contribution in [0.4, 0.5) is 0 Å². The second kappa shape index (κ2) is 6.72. The molecule has 0 aromatic rings. The van der Waals surface area contributed by atoms with Crippen molar-refractivity contribution in [3.8, 4) is 0 Å². The first-order chi connectivity index (χ1) is 9.81. The van der Waals surface area contributed by atoms with Gasteiger partial charge in [0, 0.05) is 19.6 Å². The fourth-order valence-corrected chi connectivity index (χ4v) is 3.83. The topological polar surface area (TPSA) is 44.4 Å². The van der Waals surface area contributed by atoms with Gasteiger partial charge in [-0.3, -0.25) is 9.69 Å². The van der Waals surface area contributed by atoms with Crippen molar-refractivity contribution in [3.05, 3.63) is 11.6 Å². The first kappa shape index (κ1) is 14.1. The molecule has 3 aliphatic rings. The van der Waals surface area contributed by atoms with E-state index in [-0.39, 0.29) is 5.91 Å². The Morgan fingerprint density at radius 1 is 1.30 bits per heavy atom. The Morgan fingerprint density at radius 2 is 2.10 bits per heavy atom. The summed E-state index contributed by atoms with van der Waals surface area (Å²) in [6.45, 7) is 5.86. The number of fused-ring (bicyclic) bond motifs is 1. The highest BCUT2D eigenvalue weighted by Gasteiger charge is 2.36. The van der Waals surface area contributed by atoms with Crippen molar-refractivity contribution in [3.63, 3.8) is 0 Å². The number of likely N-dealkylation sites (tertiary alicyclic amines) is 1. The van der Waals surface area contributed by atoms with Gasteiger partial charge in [-0.25, -0.2) is 0 Å². The first-order valence-electron chi connectivity index (χ1n) is 8.19. The average Bonchev–Trinajstić information content (AvgIpc) is 3.01. The van der Waals surface area contributed by atoms with Gasteiger partial charge in [0.2, 0.25) is 5.91 Å². The third-order valence-corrected chi connectivity index (χ3v) is 4.99. The van der Waals surface area contributed by atoms with Crippen LogP contribution in [0.25, 0.3) is 0 Å². The first-order valence-corrected chi connectivity index (χ1v) is 8.19. The average molecular weight is 277 g/mol. The predicted molar refractivity (Wildman–Crippen MR) is 80.5 cm³/mol. The van der Waals surface area contributed by atoms with E-state index in [4.69, 9.17) is 0 Å². The van der Waals surface area contributed by atoms with E-state index in [1.807, 2.05) is 0 Å². The molecule has 2 unspecified atom stereocenters. The summed E-state index contributed by atoms with van der Waals surface area (Å²) < 4.78 is 0. The molecular formula is C16H27N3O. The van der Waals surface area contributed by atoms with E-state index in [9.17, 15) is 4.79 Å². The lowest BCUT2D eigenvalue weighted by Gasteiger charge is -2.17. The number of hydrogen-bond donors (Lipinski definition) is 2. The maximum Gasteiger partial charge on any atom is 0.234 e. The molecule has 2 saturated heterocycles. The minimum atomic E-state index is 0.203. The lowest BCUT2D eigenvalue weighted by molar-refractivity contribution is -0.122. The van der Waals surface area contributed by atoms with Crippen molar-refractivity contribution in [1.82, 2.24) is 15.5 Å². The summed E-state index contributed by atoms with van der Waals surface area (Å²) in [5, 5.41) is 6.52. The van der Waals surface area contributed by atoms with Gasteiger partial charge in [0.15, 0.2) is 0 Å². The summed E-state index contributed by atoms with van der Waals surface area (Å²) in [7, 11) is 0. The fourth-order valence-electron chi connectivity index (χ4n) is 3.83. The van der Waals surface area contributed by atoms with Crippen LogP contribution in [0, 0.1) is 11.8 Å². The molecule has 0 bridgehead atoms. The third kappa shape index (κ3) is 3.61. The SMILES string of the molecule is O=C(CN1CC2CNCC2C1)NCCC1=CCCCC1. The zero-order valence-corrected chi connectivity index (χ0v) is 12.4. The molecule has 3 rings (SSSR count). The van der Waals surface area contributed by atoms with Gasteiger partial charge in [-0.05, 0) is 57.0 Å². The van der Waals surface area contributed by atoms with Gasteiger partial charge >= 0.3 is 0 Å². The van der Waals surface area contributed by atoms with E-state index >= 15 is 0 Å². The van der Waals surface area contributed by atoms with E-state index < -0.39 is 0 Å². The number of hydrogen-bond acceptors (Lipinski definition) is 3. The zero-order valence-electron chi connectivity index (χ0n) is 12.4. The van der Waals surface area contributed by atoms with Crippen molar-refractivity contribution in [1.29, 1.82) is 0 Å². The highest BCUT2D eigenvalue weighted by molar-refractivity contribution is 5.78. The van der Waals surface area contributed by atoms with Crippen LogP contribution in [0.5, 0.6) is 0 Å². The van der Waals surface area contributed by atoms with Crippen LogP contribution in [-0.4, -0.2) is 50.1 Å². The van der Waals surface area contributed by atoms with Gasteiger partial charge in [0.05, 0.1) is 6.54 Å². The number of nitrogens with one attached hydrogen (secondary N) is 2. The monoisotopic (exact) mass is 277 g/mol. The van der Waals surface area contributed by atoms with E-state index in [1.165, 1.54) is 25.7 Å². The standard InChI is InChI=1S/C16H27N3O/c20-16(18-7-6-13-4-2-1-3-5-13)12-19-10-14-8-17-9-15(14)11-19/h4,14-15,17H,1-3,5-12H2,(H,18,20). The number of nitrogens with zero attached hydrogens (tertiary/aromatic N) is 1. The van der Waals surface area contributed by atoms with Crippen LogP contribution in [0.2, 0.25) is 0 Å². The van der Waals surface area contributed by atoms with Crippen LogP contribution in [0.1, 0.15) is 32.1 Å². The molecule has 20 heavy (non-hydrogen) atoms. The van der Waals surface area contributed by atoms with Crippen LogP contribution in [0.15, 0.2) is 11.6 Å². The van der Waals surface area contributed by atoms with E-state index in [0.717, 1.165) is 51.0 Å². The lowest BCUT2D eigenvalue weighted by atomic mass is 9.97. The number of amides is 1. The molecule has 0 aromatic carbocycles. The van der Waals surface area contributed by atoms with Crippen LogP contribution >= 0.6 is 0 Å². The maximum atomic E-state index is 12.0. The maximum absolute atomic E-state index is 12.0. The Balaban J connectivity index is 1.32. The van der Waals surface area contributed by atoms with Crippen LogP contribution in [-0.2, 0) is 4.79 Å². The largest absolute Gasteiger partial charge is 0.355 e. The fraction of sp³-hybridized carbons (Fsp3) is 0.812. The quantitative estimate of drug-likeness (QED) is 0.741. The molecule has 0 radical (unpaired) electrons. The van der Waals surface area contributed by atoms with Crippen molar-refractivity contribution < 1.29 is 4.79 Å². The second-order valence-corrected chi connectivity index (χ2v) is 6.58. The Kier molecular flexibility index (Phi) is 4.73. The summed E-state index contributed by atoms with van der Waals surface area (Å²) >= 11 is 0. The number of carbonyl (C=O) groups excluding carboxylic acids is 1. The molecule has 1 aliphatic carbocycles. The molecule has 2 atom stereocenters. The smallest absolute Gasteiger partial charge is 0.234 e. The molecule has 0 aromatic heterocycles. The summed E-state index contributed by atoms with van der Waals surface area (Å²) in [4.78, 5) is 14.3. The highest BCUT2D eigenvalue weighted by Crippen LogP contribution is 2.25. The van der Waals surface area contributed by atoms with Crippen molar-refractivity contribution in [2.75, 3.05) is 39.3 Å². The molecule has 112 valence electrons. The van der Waals surface area contributed by atoms with E-state index in [0.29, 0.717) is 6.54 Å². The van der Waals surface area contributed by atoms with Gasteiger partial charge < -0.3 is 10.6 Å². The Morgan fingerprint density at radius 3 is 2.80 bits per heavy atom. The number of allylic oxidation sites excluding steroid dienone is 1. The summed E-state index contributed by atoms with van der Waals surface area (Å²) in [6.07, 6.45) is 8.53. The molecule has 2 fully saturated rings. The Labute approximate surface area is 122 Å². The van der Waals surface area contributed by atoms with Crippen LogP contribution in [0.3, 0.4) is 0 Å². The number of carbonyl (C=O) groups is 1. The predicted octanol–water partition coefficient (Wildman–Crippen LogP) is 1.14. The van der Waals surface area contributed by atoms with Gasteiger partial charge in [0.1, 0.15) is 0 Å². The third-order valence-electron chi connectivity index (χ3n) is 4.99. The normalized spacial score (nSPS) is 30.1. The van der Waals surface area contributed by atoms with E-state index in [1.54, 1.807) is 5.57 Å². The van der Waals surface area contributed by atoms with E-state index in [2.05, 4.69) is 21.6 Å². The minimum absolute atomic E-state index is 0.203. The minimum Gasteiger partial charge on any atom is -0.355 e. The van der Waals surface area contributed by atoms with Crippen molar-refractivity contribution >= 4 is 5.91 Å². The zero-order chi connectivity index (χ0) is 13.8. The van der Waals surface area contributed by atoms with Gasteiger partial charge in [-0.2, -0.15) is 0 Å². The second-order valence-electron chi connectivity index (χ2n) is 6.58. The van der Waals surface area contributed by atoms with Crippen LogP contribution < -0.4 is 10.6 Å². The molecule has 2 aliphatic heterocycles. The van der Waals surface area contributed by atoms with Crippen molar-refractivity contribution in [2.45, 2.75) is 32.1 Å². The Bertz CT molecular complexity index is 368. The molecule has 1 amide bonds. The Hall–Kier alpha value is -0.870. The molecule has 4 heteroatoms. The molecule has 0 saturated carbocycles. The van der Waals surface area contributed by atoms with Gasteiger partial charge in [0.25, 0.3) is 0 Å². The summed E-state index contributed by atoms with van der Waals surface area (Å²) in [6, 6.07) is 0.